The first-order chi connectivity index (χ1) is 9.45. The average molecular weight is 276 g/mol. The van der Waals surface area contributed by atoms with E-state index in [0.717, 1.165) is 11.9 Å². The molecule has 0 spiro atoms. The van der Waals surface area contributed by atoms with Crippen molar-refractivity contribution in [2.75, 3.05) is 0 Å². The highest BCUT2D eigenvalue weighted by Crippen LogP contribution is 2.48. The number of carbonyl (C=O) groups excluding carboxylic acids is 3. The number of ether oxygens (including phenoxy) is 1. The molecule has 0 aromatic carbocycles. The van der Waals surface area contributed by atoms with E-state index in [2.05, 4.69) is 6.58 Å². The highest BCUT2D eigenvalue weighted by atomic mass is 16.6. The second-order valence-corrected chi connectivity index (χ2v) is 5.84. The number of carbonyl (C=O) groups is 3. The maximum atomic E-state index is 12.1. The van der Waals surface area contributed by atoms with Crippen LogP contribution in [0.5, 0.6) is 0 Å². The summed E-state index contributed by atoms with van der Waals surface area (Å²) in [7, 11) is 0. The first kappa shape index (κ1) is 13.2. The van der Waals surface area contributed by atoms with E-state index in [1.54, 1.807) is 6.92 Å². The van der Waals surface area contributed by atoms with Crippen LogP contribution in [0.1, 0.15) is 19.8 Å². The van der Waals surface area contributed by atoms with Crippen LogP contribution in [0.25, 0.3) is 0 Å². The molecule has 1 saturated carbocycles. The van der Waals surface area contributed by atoms with E-state index in [9.17, 15) is 19.5 Å². The topological polar surface area (TPSA) is 80.7 Å². The molecule has 5 heteroatoms. The van der Waals surface area contributed by atoms with Crippen molar-refractivity contribution in [2.24, 2.45) is 17.8 Å². The van der Waals surface area contributed by atoms with E-state index in [1.165, 1.54) is 0 Å². The normalized spacial score (nSPS) is 40.3. The van der Waals surface area contributed by atoms with Crippen molar-refractivity contribution in [2.45, 2.75) is 32.0 Å². The molecule has 0 bridgehead atoms. The second-order valence-electron chi connectivity index (χ2n) is 5.84. The van der Waals surface area contributed by atoms with Gasteiger partial charge in [0.25, 0.3) is 0 Å². The number of fused-ring (bicyclic) bond motifs is 3. The minimum absolute atomic E-state index is 0.0778. The number of Topliss-reactive ketones (excluding diaryl/α,β-unsaturated/α-hetero) is 1. The Hall–Kier alpha value is -1.75. The molecule has 1 heterocycles. The number of aliphatic hydroxyl groups excluding tert-OH is 1. The molecule has 2 aliphatic carbocycles. The monoisotopic (exact) mass is 276 g/mol. The lowest BCUT2D eigenvalue weighted by atomic mass is 9.80. The third kappa shape index (κ3) is 1.62. The van der Waals surface area contributed by atoms with Gasteiger partial charge < -0.3 is 14.6 Å². The van der Waals surface area contributed by atoms with Crippen LogP contribution >= 0.6 is 0 Å². The van der Waals surface area contributed by atoms with E-state index in [-0.39, 0.29) is 17.8 Å². The molecule has 3 aliphatic rings. The molecule has 5 atom stereocenters. The van der Waals surface area contributed by atoms with E-state index >= 15 is 0 Å². The Balaban J connectivity index is 2.13. The molecular formula is C15H16O5. The lowest BCUT2D eigenvalue weighted by Crippen LogP contribution is -2.35. The summed E-state index contributed by atoms with van der Waals surface area (Å²) in [5.41, 5.74) is 1.59. The second kappa shape index (κ2) is 4.38. The number of aldehydes is 1. The summed E-state index contributed by atoms with van der Waals surface area (Å²) in [4.78, 5) is 35.1. The van der Waals surface area contributed by atoms with Gasteiger partial charge in [-0.15, -0.1) is 0 Å². The fourth-order valence-electron chi connectivity index (χ4n) is 3.82. The van der Waals surface area contributed by atoms with E-state index in [4.69, 9.17) is 4.74 Å². The number of hydrogen-bond acceptors (Lipinski definition) is 5. The van der Waals surface area contributed by atoms with Gasteiger partial charge in [-0.3, -0.25) is 4.79 Å². The van der Waals surface area contributed by atoms with Crippen LogP contribution in [0.15, 0.2) is 23.3 Å². The van der Waals surface area contributed by atoms with Gasteiger partial charge in [0.1, 0.15) is 12.4 Å². The van der Waals surface area contributed by atoms with Gasteiger partial charge in [-0.2, -0.15) is 0 Å². The fourth-order valence-corrected chi connectivity index (χ4v) is 3.82. The molecule has 0 aromatic heterocycles. The number of hydrogen-bond donors (Lipinski definition) is 1. The van der Waals surface area contributed by atoms with Crippen molar-refractivity contribution in [1.29, 1.82) is 0 Å². The van der Waals surface area contributed by atoms with Crippen LogP contribution in [0.2, 0.25) is 0 Å². The zero-order valence-electron chi connectivity index (χ0n) is 11.2. The molecule has 1 unspecified atom stereocenters. The smallest absolute Gasteiger partial charge is 0.334 e. The van der Waals surface area contributed by atoms with Crippen LogP contribution in [0, 0.1) is 17.8 Å². The Morgan fingerprint density at radius 1 is 1.30 bits per heavy atom. The van der Waals surface area contributed by atoms with Gasteiger partial charge in [-0.25, -0.2) is 4.79 Å². The standard InChI is InChI=1S/C15H16O5/c1-6-3-9(17)12-7(2)15(19)20-14(12)13-8(5-16)4-10(18)11(6)13/h5,8-9,12-14,17H,2-4H2,1H3/t8?,9-,12-,13+,14+/m1/s1. The SMILES string of the molecule is C=C1C(=O)O[C@H]2[C@H]1[C@H](O)CC(C)=C1C(=O)CC(C=O)[C@@H]12. The van der Waals surface area contributed by atoms with Gasteiger partial charge in [0.15, 0.2) is 5.78 Å². The zero-order valence-corrected chi connectivity index (χ0v) is 11.2. The lowest BCUT2D eigenvalue weighted by Gasteiger charge is -2.26. The molecule has 0 amide bonds. The Morgan fingerprint density at radius 3 is 2.65 bits per heavy atom. The first-order valence-electron chi connectivity index (χ1n) is 6.71. The Kier molecular flexibility index (Phi) is 2.90. The van der Waals surface area contributed by atoms with Crippen molar-refractivity contribution in [3.63, 3.8) is 0 Å². The first-order valence-corrected chi connectivity index (χ1v) is 6.71. The summed E-state index contributed by atoms with van der Waals surface area (Å²) in [5, 5.41) is 10.3. The predicted molar refractivity (Wildman–Crippen MR) is 68.5 cm³/mol. The van der Waals surface area contributed by atoms with Crippen molar-refractivity contribution in [3.8, 4) is 0 Å². The highest BCUT2D eigenvalue weighted by Gasteiger charge is 2.55. The quantitative estimate of drug-likeness (QED) is 0.430. The molecule has 2 fully saturated rings. The number of aliphatic hydroxyl groups is 1. The summed E-state index contributed by atoms with van der Waals surface area (Å²) < 4.78 is 5.33. The van der Waals surface area contributed by atoms with Crippen LogP contribution in [-0.4, -0.2) is 35.4 Å². The minimum Gasteiger partial charge on any atom is -0.458 e. The summed E-state index contributed by atoms with van der Waals surface area (Å²) in [6.07, 6.45) is -0.243. The molecule has 3 rings (SSSR count). The third-order valence-electron chi connectivity index (χ3n) is 4.70. The minimum atomic E-state index is -0.808. The summed E-state index contributed by atoms with van der Waals surface area (Å²) >= 11 is 0. The molecule has 1 N–H and O–H groups in total. The van der Waals surface area contributed by atoms with Crippen molar-refractivity contribution < 1.29 is 24.2 Å². The van der Waals surface area contributed by atoms with E-state index < -0.39 is 35.9 Å². The molecule has 1 saturated heterocycles. The lowest BCUT2D eigenvalue weighted by molar-refractivity contribution is -0.142. The van der Waals surface area contributed by atoms with Gasteiger partial charge in [-0.05, 0) is 13.3 Å². The fraction of sp³-hybridized carbons (Fsp3) is 0.533. The maximum absolute atomic E-state index is 12.1. The molecule has 1 aliphatic heterocycles. The van der Waals surface area contributed by atoms with Gasteiger partial charge >= 0.3 is 5.97 Å². The van der Waals surface area contributed by atoms with Crippen LogP contribution in [0.4, 0.5) is 0 Å². The Bertz CT molecular complexity index is 559. The van der Waals surface area contributed by atoms with Gasteiger partial charge in [-0.1, -0.05) is 12.2 Å². The summed E-state index contributed by atoms with van der Waals surface area (Å²) in [5.74, 6) is -2.07. The maximum Gasteiger partial charge on any atom is 0.334 e. The molecule has 0 radical (unpaired) electrons. The van der Waals surface area contributed by atoms with Crippen molar-refractivity contribution in [3.05, 3.63) is 23.3 Å². The van der Waals surface area contributed by atoms with Crippen molar-refractivity contribution >= 4 is 18.0 Å². The van der Waals surface area contributed by atoms with Crippen LogP contribution in [0.3, 0.4) is 0 Å². The zero-order chi connectivity index (χ0) is 14.6. The molecule has 20 heavy (non-hydrogen) atoms. The highest BCUT2D eigenvalue weighted by molar-refractivity contribution is 6.02. The molecular weight excluding hydrogens is 260 g/mol. The van der Waals surface area contributed by atoms with Gasteiger partial charge in [0.2, 0.25) is 0 Å². The molecule has 106 valence electrons. The van der Waals surface area contributed by atoms with Gasteiger partial charge in [0, 0.05) is 29.4 Å². The van der Waals surface area contributed by atoms with Crippen LogP contribution < -0.4 is 0 Å². The third-order valence-corrected chi connectivity index (χ3v) is 4.70. The largest absolute Gasteiger partial charge is 0.458 e. The predicted octanol–water partition coefficient (Wildman–Crippen LogP) is 0.569. The van der Waals surface area contributed by atoms with E-state index in [1.807, 2.05) is 0 Å². The molecule has 5 nitrogen and oxygen atoms in total. The Labute approximate surface area is 116 Å². The average Bonchev–Trinajstić information content (AvgIpc) is 2.83. The summed E-state index contributed by atoms with van der Waals surface area (Å²) in [6, 6.07) is 0. The van der Waals surface area contributed by atoms with Crippen molar-refractivity contribution in [1.82, 2.24) is 0 Å². The number of ketones is 1. The number of rotatable bonds is 1. The van der Waals surface area contributed by atoms with Crippen LogP contribution in [-0.2, 0) is 19.1 Å². The van der Waals surface area contributed by atoms with E-state index in [0.29, 0.717) is 12.0 Å². The Morgan fingerprint density at radius 2 is 2.00 bits per heavy atom. The number of esters is 1. The summed E-state index contributed by atoms with van der Waals surface area (Å²) in [6.45, 7) is 5.49. The van der Waals surface area contributed by atoms with Gasteiger partial charge in [0.05, 0.1) is 12.0 Å². The molecule has 0 aromatic rings.